The van der Waals surface area contributed by atoms with Gasteiger partial charge >= 0.3 is 0 Å². The molecule has 0 spiro atoms. The fourth-order valence-corrected chi connectivity index (χ4v) is 6.12. The number of carbonyl (C=O) groups excluding carboxylic acids is 1. The summed E-state index contributed by atoms with van der Waals surface area (Å²) in [5, 5.41) is 5.58. The molecule has 0 unspecified atom stereocenters. The number of nitrogens with one attached hydrogen (secondary N) is 1. The van der Waals surface area contributed by atoms with Crippen LogP contribution in [-0.4, -0.2) is 22.4 Å². The summed E-state index contributed by atoms with van der Waals surface area (Å²) >= 11 is 14.2. The number of aryl methyl sites for hydroxylation is 1. The second-order valence-electron chi connectivity index (χ2n) is 8.42. The summed E-state index contributed by atoms with van der Waals surface area (Å²) in [5.41, 5.74) is 11.3. The molecule has 0 aliphatic heterocycles. The molecular weight excluding hydrogens is 497 g/mol. The van der Waals surface area contributed by atoms with Crippen molar-refractivity contribution in [1.29, 1.82) is 0 Å². The third kappa shape index (κ3) is 4.64. The molecule has 0 bridgehead atoms. The summed E-state index contributed by atoms with van der Waals surface area (Å²) < 4.78 is 2.03. The zero-order valence-corrected chi connectivity index (χ0v) is 21.6. The molecule has 4 aromatic rings. The van der Waals surface area contributed by atoms with E-state index in [-0.39, 0.29) is 11.2 Å². The Bertz CT molecular complexity index is 1420. The Morgan fingerprint density at radius 3 is 2.34 bits per heavy atom. The van der Waals surface area contributed by atoms with Crippen molar-refractivity contribution in [3.63, 3.8) is 0 Å². The van der Waals surface area contributed by atoms with Gasteiger partial charge in [0.1, 0.15) is 0 Å². The number of rotatable bonds is 6. The van der Waals surface area contributed by atoms with Crippen LogP contribution in [0.15, 0.2) is 77.9 Å². The summed E-state index contributed by atoms with van der Waals surface area (Å²) in [5.74, 6) is 0.168. The van der Waals surface area contributed by atoms with Gasteiger partial charge < -0.3 is 4.57 Å². The quantitative estimate of drug-likeness (QED) is 0.213. The first-order chi connectivity index (χ1) is 16.9. The molecule has 7 heteroatoms. The van der Waals surface area contributed by atoms with E-state index in [1.54, 1.807) is 30.1 Å². The van der Waals surface area contributed by atoms with Crippen molar-refractivity contribution >= 4 is 47.1 Å². The van der Waals surface area contributed by atoms with E-state index in [1.807, 2.05) is 30.5 Å². The molecule has 0 atom stereocenters. The second kappa shape index (κ2) is 9.94. The predicted octanol–water partition coefficient (Wildman–Crippen LogP) is 7.35. The number of benzene rings is 3. The largest absolute Gasteiger partial charge is 0.316 e. The van der Waals surface area contributed by atoms with E-state index >= 15 is 0 Å². The number of amides is 1. The topological polar surface area (TPSA) is 46.4 Å². The lowest BCUT2D eigenvalue weighted by molar-refractivity contribution is -0.118. The van der Waals surface area contributed by atoms with Gasteiger partial charge in [-0.3, -0.25) is 4.79 Å². The average Bonchev–Trinajstić information content (AvgIpc) is 3.32. The zero-order chi connectivity index (χ0) is 24.5. The minimum absolute atomic E-state index is 0.138. The SMILES string of the molecule is Cc1cc(/C=N\NC(=O)CSC2c3ccccc3-c3ccccc32)c(C)n1-c1cc(Cl)ccc1Cl. The first-order valence-corrected chi connectivity index (χ1v) is 13.0. The van der Waals surface area contributed by atoms with Crippen LogP contribution in [0.5, 0.6) is 0 Å². The first kappa shape index (κ1) is 23.7. The van der Waals surface area contributed by atoms with Crippen LogP contribution in [-0.2, 0) is 4.79 Å². The molecule has 0 saturated heterocycles. The molecule has 4 nitrogen and oxygen atoms in total. The number of aromatic nitrogens is 1. The van der Waals surface area contributed by atoms with Gasteiger partial charge in [0.15, 0.2) is 0 Å². The van der Waals surface area contributed by atoms with E-state index in [0.29, 0.717) is 15.8 Å². The Hall–Kier alpha value is -2.99. The highest BCUT2D eigenvalue weighted by Gasteiger charge is 2.28. The summed E-state index contributed by atoms with van der Waals surface area (Å²) in [6.45, 7) is 3.98. The first-order valence-electron chi connectivity index (χ1n) is 11.2. The zero-order valence-electron chi connectivity index (χ0n) is 19.3. The number of hydrazone groups is 1. The molecule has 176 valence electrons. The highest BCUT2D eigenvalue weighted by atomic mass is 35.5. The van der Waals surface area contributed by atoms with Crippen LogP contribution in [0.4, 0.5) is 0 Å². The minimum Gasteiger partial charge on any atom is -0.316 e. The van der Waals surface area contributed by atoms with Gasteiger partial charge in [-0.05, 0) is 60.4 Å². The normalized spacial score (nSPS) is 12.7. The molecule has 1 aliphatic rings. The number of fused-ring (bicyclic) bond motifs is 3. The number of halogens is 2. The van der Waals surface area contributed by atoms with E-state index in [1.165, 1.54) is 22.3 Å². The number of thioether (sulfide) groups is 1. The van der Waals surface area contributed by atoms with Crippen LogP contribution in [0.25, 0.3) is 16.8 Å². The minimum atomic E-state index is -0.139. The van der Waals surface area contributed by atoms with Crippen LogP contribution >= 0.6 is 35.0 Å². The highest BCUT2D eigenvalue weighted by Crippen LogP contribution is 2.49. The maximum atomic E-state index is 12.6. The smallest absolute Gasteiger partial charge is 0.250 e. The molecule has 1 heterocycles. The molecule has 5 rings (SSSR count). The predicted molar refractivity (Wildman–Crippen MR) is 147 cm³/mol. The molecular formula is C28H23Cl2N3OS. The molecule has 1 aliphatic carbocycles. The molecule has 35 heavy (non-hydrogen) atoms. The van der Waals surface area contributed by atoms with Crippen molar-refractivity contribution in [3.8, 4) is 16.8 Å². The Balaban J connectivity index is 1.26. The lowest BCUT2D eigenvalue weighted by Gasteiger charge is -2.12. The molecule has 1 amide bonds. The van der Waals surface area contributed by atoms with Gasteiger partial charge in [0.25, 0.3) is 0 Å². The van der Waals surface area contributed by atoms with Gasteiger partial charge in [0.05, 0.1) is 27.9 Å². The van der Waals surface area contributed by atoms with E-state index in [2.05, 4.69) is 59.1 Å². The molecule has 3 aromatic carbocycles. The number of nitrogens with zero attached hydrogens (tertiary/aromatic N) is 2. The lowest BCUT2D eigenvalue weighted by Crippen LogP contribution is -2.20. The average molecular weight is 520 g/mol. The Morgan fingerprint density at radius 1 is 1.00 bits per heavy atom. The van der Waals surface area contributed by atoms with Crippen molar-refractivity contribution < 1.29 is 4.79 Å². The van der Waals surface area contributed by atoms with E-state index < -0.39 is 0 Å². The van der Waals surface area contributed by atoms with Crippen LogP contribution in [0.2, 0.25) is 10.0 Å². The van der Waals surface area contributed by atoms with Crippen LogP contribution in [0, 0.1) is 13.8 Å². The Kier molecular flexibility index (Phi) is 6.74. The molecule has 0 fully saturated rings. The maximum absolute atomic E-state index is 12.6. The van der Waals surface area contributed by atoms with Crippen LogP contribution in [0.3, 0.4) is 0 Å². The van der Waals surface area contributed by atoms with Crippen molar-refractivity contribution in [2.24, 2.45) is 5.10 Å². The number of hydrogen-bond donors (Lipinski definition) is 1. The molecule has 0 saturated carbocycles. The van der Waals surface area contributed by atoms with Gasteiger partial charge in [-0.2, -0.15) is 5.10 Å². The third-order valence-corrected chi connectivity index (χ3v) is 7.99. The summed E-state index contributed by atoms with van der Waals surface area (Å²) in [6, 6.07) is 24.2. The van der Waals surface area contributed by atoms with Gasteiger partial charge in [-0.25, -0.2) is 5.43 Å². The standard InChI is InChI=1S/C28H23Cl2N3OS/c1-17-13-19(18(2)33(17)26-14-20(29)11-12-25(26)30)15-31-32-27(34)16-35-28-23-9-5-3-7-21(23)22-8-4-6-10-24(22)28/h3-15,28H,16H2,1-2H3,(H,32,34)/b31-15-. The van der Waals surface area contributed by atoms with Crippen LogP contribution in [0.1, 0.15) is 33.3 Å². The molecule has 1 N–H and O–H groups in total. The van der Waals surface area contributed by atoms with Crippen molar-refractivity contribution in [3.05, 3.63) is 111 Å². The maximum Gasteiger partial charge on any atom is 0.250 e. The van der Waals surface area contributed by atoms with Crippen molar-refractivity contribution in [2.45, 2.75) is 19.1 Å². The van der Waals surface area contributed by atoms with E-state index in [0.717, 1.165) is 22.6 Å². The Morgan fingerprint density at radius 2 is 1.66 bits per heavy atom. The Labute approximate surface area is 219 Å². The van der Waals surface area contributed by atoms with E-state index in [9.17, 15) is 4.79 Å². The van der Waals surface area contributed by atoms with Gasteiger partial charge in [-0.1, -0.05) is 71.7 Å². The number of carbonyl (C=O) groups is 1. The van der Waals surface area contributed by atoms with Gasteiger partial charge in [0, 0.05) is 22.0 Å². The summed E-state index contributed by atoms with van der Waals surface area (Å²) in [7, 11) is 0. The second-order valence-corrected chi connectivity index (χ2v) is 10.4. The van der Waals surface area contributed by atoms with Gasteiger partial charge in [0.2, 0.25) is 5.91 Å². The van der Waals surface area contributed by atoms with Crippen LogP contribution < -0.4 is 5.43 Å². The van der Waals surface area contributed by atoms with Crippen molar-refractivity contribution in [1.82, 2.24) is 9.99 Å². The summed E-state index contributed by atoms with van der Waals surface area (Å²) in [6.07, 6.45) is 1.67. The fourth-order valence-electron chi connectivity index (χ4n) is 4.60. The fraction of sp³-hybridized carbons (Fsp3) is 0.143. The summed E-state index contributed by atoms with van der Waals surface area (Å²) in [4.78, 5) is 12.6. The van der Waals surface area contributed by atoms with Crippen molar-refractivity contribution in [2.75, 3.05) is 5.75 Å². The lowest BCUT2D eigenvalue weighted by atomic mass is 10.1. The molecule has 0 radical (unpaired) electrons. The monoisotopic (exact) mass is 519 g/mol. The number of hydrogen-bond acceptors (Lipinski definition) is 3. The van der Waals surface area contributed by atoms with E-state index in [4.69, 9.17) is 23.2 Å². The third-order valence-electron chi connectivity index (χ3n) is 6.17. The molecule has 1 aromatic heterocycles. The highest BCUT2D eigenvalue weighted by molar-refractivity contribution is 8.00. The van der Waals surface area contributed by atoms with Gasteiger partial charge in [-0.15, -0.1) is 11.8 Å².